The van der Waals surface area contributed by atoms with Crippen LogP contribution in [0.15, 0.2) is 24.3 Å². The molecule has 0 aliphatic heterocycles. The predicted octanol–water partition coefficient (Wildman–Crippen LogP) is 0.756. The van der Waals surface area contributed by atoms with E-state index in [0.717, 1.165) is 11.3 Å². The second kappa shape index (κ2) is 6.59. The zero-order valence-corrected chi connectivity index (χ0v) is 10.7. The molecular weight excluding hydrogens is 216 g/mol. The average molecular weight is 238 g/mol. The Kier molecular flexibility index (Phi) is 5.41. The van der Waals surface area contributed by atoms with Crippen molar-refractivity contribution in [3.05, 3.63) is 29.8 Å². The van der Waals surface area contributed by atoms with E-state index in [1.165, 1.54) is 0 Å². The second-order valence-corrected chi connectivity index (χ2v) is 4.51. The summed E-state index contributed by atoms with van der Waals surface area (Å²) in [5.74, 6) is 0. The average Bonchev–Trinajstić information content (AvgIpc) is 2.28. The lowest BCUT2D eigenvalue weighted by Crippen LogP contribution is -2.28. The summed E-state index contributed by atoms with van der Waals surface area (Å²) in [6.45, 7) is 2.66. The highest BCUT2D eigenvalue weighted by molar-refractivity contribution is 5.46. The van der Waals surface area contributed by atoms with Crippen molar-refractivity contribution in [3.63, 3.8) is 0 Å². The number of aliphatic hydroxyl groups is 2. The first-order valence-corrected chi connectivity index (χ1v) is 5.85. The molecule has 1 aromatic carbocycles. The van der Waals surface area contributed by atoms with Gasteiger partial charge in [-0.1, -0.05) is 12.1 Å². The van der Waals surface area contributed by atoms with Crippen LogP contribution in [0.5, 0.6) is 0 Å². The molecule has 4 heteroatoms. The van der Waals surface area contributed by atoms with E-state index in [-0.39, 0.29) is 0 Å². The van der Waals surface area contributed by atoms with Crippen molar-refractivity contribution < 1.29 is 10.2 Å². The number of anilines is 1. The highest BCUT2D eigenvalue weighted by atomic mass is 16.3. The molecule has 1 rings (SSSR count). The lowest BCUT2D eigenvalue weighted by molar-refractivity contribution is 0.155. The Morgan fingerprint density at radius 1 is 1.12 bits per heavy atom. The van der Waals surface area contributed by atoms with E-state index in [2.05, 4.69) is 5.32 Å². The highest BCUT2D eigenvalue weighted by Gasteiger charge is 2.07. The maximum absolute atomic E-state index is 9.91. The summed E-state index contributed by atoms with van der Waals surface area (Å²) in [6.07, 6.45) is -0.928. The molecule has 2 atom stereocenters. The third-order valence-electron chi connectivity index (χ3n) is 2.57. The Labute approximate surface area is 103 Å². The van der Waals surface area contributed by atoms with Crippen molar-refractivity contribution in [3.8, 4) is 0 Å². The highest BCUT2D eigenvalue weighted by Crippen LogP contribution is 2.17. The van der Waals surface area contributed by atoms with E-state index >= 15 is 0 Å². The summed E-state index contributed by atoms with van der Waals surface area (Å²) in [7, 11) is 3.96. The zero-order valence-electron chi connectivity index (χ0n) is 10.7. The van der Waals surface area contributed by atoms with Crippen molar-refractivity contribution in [1.29, 1.82) is 0 Å². The minimum Gasteiger partial charge on any atom is -0.392 e. The quantitative estimate of drug-likeness (QED) is 0.685. The Hall–Kier alpha value is -1.10. The number of aliphatic hydroxyl groups excluding tert-OH is 2. The fourth-order valence-corrected chi connectivity index (χ4v) is 1.54. The Bertz CT molecular complexity index is 323. The molecule has 0 heterocycles. The Morgan fingerprint density at radius 3 is 2.18 bits per heavy atom. The van der Waals surface area contributed by atoms with E-state index in [9.17, 15) is 5.11 Å². The molecule has 0 bridgehead atoms. The Balaban J connectivity index is 2.48. The maximum atomic E-state index is 9.91. The molecule has 0 aromatic heterocycles. The number of benzene rings is 1. The molecular formula is C13H22N2O2. The SMILES string of the molecule is CC(O)CNCC(O)c1ccc(N(C)C)cc1. The monoisotopic (exact) mass is 238 g/mol. The fourth-order valence-electron chi connectivity index (χ4n) is 1.54. The van der Waals surface area contributed by atoms with Gasteiger partial charge < -0.3 is 20.4 Å². The van der Waals surface area contributed by atoms with Gasteiger partial charge in [0, 0.05) is 32.9 Å². The van der Waals surface area contributed by atoms with Crippen molar-refractivity contribution >= 4 is 5.69 Å². The fraction of sp³-hybridized carbons (Fsp3) is 0.538. The first kappa shape index (κ1) is 14.0. The van der Waals surface area contributed by atoms with Crippen LogP contribution >= 0.6 is 0 Å². The van der Waals surface area contributed by atoms with E-state index in [1.54, 1.807) is 6.92 Å². The van der Waals surface area contributed by atoms with Gasteiger partial charge >= 0.3 is 0 Å². The molecule has 0 saturated carbocycles. The van der Waals surface area contributed by atoms with Crippen molar-refractivity contribution in [2.75, 3.05) is 32.1 Å². The predicted molar refractivity (Wildman–Crippen MR) is 70.3 cm³/mol. The minimum atomic E-state index is -0.537. The number of hydrogen-bond donors (Lipinski definition) is 3. The van der Waals surface area contributed by atoms with E-state index in [4.69, 9.17) is 5.11 Å². The van der Waals surface area contributed by atoms with E-state index in [0.29, 0.717) is 13.1 Å². The Morgan fingerprint density at radius 2 is 1.71 bits per heavy atom. The molecule has 2 unspecified atom stereocenters. The molecule has 0 radical (unpaired) electrons. The zero-order chi connectivity index (χ0) is 12.8. The van der Waals surface area contributed by atoms with Crippen LogP contribution in [0, 0.1) is 0 Å². The molecule has 0 aliphatic rings. The van der Waals surface area contributed by atoms with Gasteiger partial charge in [0.25, 0.3) is 0 Å². The number of nitrogens with one attached hydrogen (secondary N) is 1. The van der Waals surface area contributed by atoms with Crippen LogP contribution in [0.2, 0.25) is 0 Å². The first-order chi connectivity index (χ1) is 8.00. The summed E-state index contributed by atoms with van der Waals surface area (Å²) >= 11 is 0. The van der Waals surface area contributed by atoms with Gasteiger partial charge in [-0.15, -0.1) is 0 Å². The summed E-state index contributed by atoms with van der Waals surface area (Å²) in [6, 6.07) is 7.80. The van der Waals surface area contributed by atoms with Crippen LogP contribution in [-0.4, -0.2) is 43.5 Å². The molecule has 3 N–H and O–H groups in total. The van der Waals surface area contributed by atoms with Gasteiger partial charge in [0.15, 0.2) is 0 Å². The van der Waals surface area contributed by atoms with E-state index < -0.39 is 12.2 Å². The van der Waals surface area contributed by atoms with Crippen LogP contribution in [0.3, 0.4) is 0 Å². The lowest BCUT2D eigenvalue weighted by atomic mass is 10.1. The molecule has 4 nitrogen and oxygen atoms in total. The second-order valence-electron chi connectivity index (χ2n) is 4.51. The molecule has 0 fully saturated rings. The van der Waals surface area contributed by atoms with Crippen molar-refractivity contribution in [2.45, 2.75) is 19.1 Å². The maximum Gasteiger partial charge on any atom is 0.0914 e. The molecule has 1 aromatic rings. The van der Waals surface area contributed by atoms with Gasteiger partial charge in [-0.2, -0.15) is 0 Å². The van der Waals surface area contributed by atoms with Gasteiger partial charge in [-0.3, -0.25) is 0 Å². The summed E-state index contributed by atoms with van der Waals surface area (Å²) < 4.78 is 0. The summed E-state index contributed by atoms with van der Waals surface area (Å²) in [5.41, 5.74) is 1.99. The van der Waals surface area contributed by atoms with Gasteiger partial charge in [-0.05, 0) is 24.6 Å². The molecule has 17 heavy (non-hydrogen) atoms. The van der Waals surface area contributed by atoms with Gasteiger partial charge in [0.1, 0.15) is 0 Å². The largest absolute Gasteiger partial charge is 0.392 e. The third kappa shape index (κ3) is 4.73. The lowest BCUT2D eigenvalue weighted by Gasteiger charge is -2.16. The van der Waals surface area contributed by atoms with Crippen LogP contribution in [0.25, 0.3) is 0 Å². The number of hydrogen-bond acceptors (Lipinski definition) is 4. The topological polar surface area (TPSA) is 55.7 Å². The van der Waals surface area contributed by atoms with Gasteiger partial charge in [0.2, 0.25) is 0 Å². The first-order valence-electron chi connectivity index (χ1n) is 5.85. The molecule has 0 saturated heterocycles. The molecule has 0 amide bonds. The van der Waals surface area contributed by atoms with Crippen LogP contribution in [-0.2, 0) is 0 Å². The van der Waals surface area contributed by atoms with Gasteiger partial charge in [-0.25, -0.2) is 0 Å². The van der Waals surface area contributed by atoms with Gasteiger partial charge in [0.05, 0.1) is 12.2 Å². The summed E-state index contributed by atoms with van der Waals surface area (Å²) in [4.78, 5) is 2.02. The minimum absolute atomic E-state index is 0.390. The van der Waals surface area contributed by atoms with Crippen molar-refractivity contribution in [2.24, 2.45) is 0 Å². The smallest absolute Gasteiger partial charge is 0.0914 e. The van der Waals surface area contributed by atoms with Crippen molar-refractivity contribution in [1.82, 2.24) is 5.32 Å². The normalized spacial score (nSPS) is 14.4. The molecule has 0 aliphatic carbocycles. The standard InChI is InChI=1S/C13H22N2O2/c1-10(16)8-14-9-13(17)11-4-6-12(7-5-11)15(2)3/h4-7,10,13-14,16-17H,8-9H2,1-3H3. The number of rotatable bonds is 6. The molecule has 0 spiro atoms. The molecule has 96 valence electrons. The van der Waals surface area contributed by atoms with Crippen LogP contribution in [0.1, 0.15) is 18.6 Å². The summed E-state index contributed by atoms with van der Waals surface area (Å²) in [5, 5.41) is 22.0. The third-order valence-corrected chi connectivity index (χ3v) is 2.57. The van der Waals surface area contributed by atoms with Crippen LogP contribution < -0.4 is 10.2 Å². The van der Waals surface area contributed by atoms with Crippen LogP contribution in [0.4, 0.5) is 5.69 Å². The number of nitrogens with zero attached hydrogens (tertiary/aromatic N) is 1. The van der Waals surface area contributed by atoms with E-state index in [1.807, 2.05) is 43.3 Å².